The zero-order valence-electron chi connectivity index (χ0n) is 16.1. The number of aliphatic hydroxyl groups is 1. The highest BCUT2D eigenvalue weighted by atomic mass is 16.5. The standard InChI is InChI=1S/C21H38O3/c1-5-6-7-8-19-11-13-20(14-12-19)16(2)9-10-18(4)24-21(23)17(3)15-22/h16,18-20,22H,3,5-15H2,1-2,4H3. The molecule has 1 aliphatic carbocycles. The zero-order chi connectivity index (χ0) is 17.9. The molecule has 1 rings (SSSR count). The van der Waals surface area contributed by atoms with Crippen molar-refractivity contribution >= 4 is 5.97 Å². The number of hydrogen-bond acceptors (Lipinski definition) is 3. The molecule has 0 heterocycles. The van der Waals surface area contributed by atoms with Gasteiger partial charge >= 0.3 is 5.97 Å². The third-order valence-corrected chi connectivity index (χ3v) is 5.73. The second kappa shape index (κ2) is 11.7. The molecular weight excluding hydrogens is 300 g/mol. The smallest absolute Gasteiger partial charge is 0.336 e. The zero-order valence-corrected chi connectivity index (χ0v) is 16.1. The van der Waals surface area contributed by atoms with Gasteiger partial charge in [0, 0.05) is 0 Å². The van der Waals surface area contributed by atoms with Crippen LogP contribution < -0.4 is 0 Å². The van der Waals surface area contributed by atoms with Crippen LogP contribution >= 0.6 is 0 Å². The summed E-state index contributed by atoms with van der Waals surface area (Å²) in [6, 6.07) is 0. The molecule has 1 aliphatic rings. The number of hydrogen-bond donors (Lipinski definition) is 1. The number of rotatable bonds is 11. The summed E-state index contributed by atoms with van der Waals surface area (Å²) >= 11 is 0. The third kappa shape index (κ3) is 7.83. The lowest BCUT2D eigenvalue weighted by atomic mass is 9.74. The summed E-state index contributed by atoms with van der Waals surface area (Å²) in [7, 11) is 0. The third-order valence-electron chi connectivity index (χ3n) is 5.73. The first kappa shape index (κ1) is 21.2. The second-order valence-corrected chi connectivity index (χ2v) is 7.81. The Labute approximate surface area is 148 Å². The lowest BCUT2D eigenvalue weighted by molar-refractivity contribution is -0.144. The maximum absolute atomic E-state index is 11.6. The van der Waals surface area contributed by atoms with Gasteiger partial charge in [-0.1, -0.05) is 59.0 Å². The topological polar surface area (TPSA) is 46.5 Å². The van der Waals surface area contributed by atoms with E-state index < -0.39 is 5.97 Å². The van der Waals surface area contributed by atoms with E-state index in [9.17, 15) is 4.79 Å². The number of ether oxygens (including phenoxy) is 1. The Balaban J connectivity index is 2.20. The van der Waals surface area contributed by atoms with Crippen LogP contribution in [-0.4, -0.2) is 23.8 Å². The predicted octanol–water partition coefficient (Wildman–Crippen LogP) is 5.27. The van der Waals surface area contributed by atoms with Crippen LogP contribution in [-0.2, 0) is 9.53 Å². The van der Waals surface area contributed by atoms with Gasteiger partial charge in [0.1, 0.15) is 0 Å². The van der Waals surface area contributed by atoms with Gasteiger partial charge in [-0.05, 0) is 50.4 Å². The van der Waals surface area contributed by atoms with E-state index in [4.69, 9.17) is 9.84 Å². The normalized spacial score (nSPS) is 23.5. The number of aliphatic hydroxyl groups excluding tert-OH is 1. The molecule has 1 fully saturated rings. The molecule has 2 atom stereocenters. The molecule has 0 aromatic rings. The minimum absolute atomic E-state index is 0.103. The molecule has 0 amide bonds. The van der Waals surface area contributed by atoms with Crippen LogP contribution in [0.4, 0.5) is 0 Å². The molecule has 0 aromatic heterocycles. The van der Waals surface area contributed by atoms with Crippen LogP contribution in [0.25, 0.3) is 0 Å². The molecule has 0 saturated heterocycles. The Hall–Kier alpha value is -0.830. The van der Waals surface area contributed by atoms with E-state index in [1.54, 1.807) is 0 Å². The van der Waals surface area contributed by atoms with E-state index >= 15 is 0 Å². The van der Waals surface area contributed by atoms with Crippen LogP contribution in [0.3, 0.4) is 0 Å². The fourth-order valence-electron chi connectivity index (χ4n) is 3.85. The maximum atomic E-state index is 11.6. The maximum Gasteiger partial charge on any atom is 0.336 e. The highest BCUT2D eigenvalue weighted by molar-refractivity contribution is 5.88. The molecule has 0 aliphatic heterocycles. The van der Waals surface area contributed by atoms with Crippen molar-refractivity contribution in [2.45, 2.75) is 91.1 Å². The molecular formula is C21H38O3. The Morgan fingerprint density at radius 2 is 1.83 bits per heavy atom. The molecule has 140 valence electrons. The number of carbonyl (C=O) groups is 1. The molecule has 0 spiro atoms. The van der Waals surface area contributed by atoms with E-state index in [-0.39, 0.29) is 18.3 Å². The van der Waals surface area contributed by atoms with E-state index in [0.717, 1.165) is 24.7 Å². The van der Waals surface area contributed by atoms with Crippen LogP contribution in [0.1, 0.15) is 85.0 Å². The molecule has 24 heavy (non-hydrogen) atoms. The highest BCUT2D eigenvalue weighted by Gasteiger charge is 2.25. The second-order valence-electron chi connectivity index (χ2n) is 7.81. The largest absolute Gasteiger partial charge is 0.459 e. The van der Waals surface area contributed by atoms with Crippen molar-refractivity contribution in [3.8, 4) is 0 Å². The van der Waals surface area contributed by atoms with Gasteiger partial charge in [-0.3, -0.25) is 0 Å². The van der Waals surface area contributed by atoms with Gasteiger partial charge < -0.3 is 9.84 Å². The fourth-order valence-corrected chi connectivity index (χ4v) is 3.85. The molecule has 0 bridgehead atoms. The summed E-state index contributed by atoms with van der Waals surface area (Å²) in [5, 5.41) is 8.90. The molecule has 0 radical (unpaired) electrons. The van der Waals surface area contributed by atoms with Gasteiger partial charge in [0.15, 0.2) is 0 Å². The Morgan fingerprint density at radius 3 is 2.42 bits per heavy atom. The van der Waals surface area contributed by atoms with Crippen LogP contribution in [0.2, 0.25) is 0 Å². The van der Waals surface area contributed by atoms with Crippen molar-refractivity contribution in [1.82, 2.24) is 0 Å². The van der Waals surface area contributed by atoms with Gasteiger partial charge in [0.2, 0.25) is 0 Å². The summed E-state index contributed by atoms with van der Waals surface area (Å²) in [5.41, 5.74) is 0.135. The Kier molecular flexibility index (Phi) is 10.3. The van der Waals surface area contributed by atoms with Crippen LogP contribution in [0.15, 0.2) is 12.2 Å². The minimum atomic E-state index is -0.467. The SMILES string of the molecule is C=C(CO)C(=O)OC(C)CCC(C)C1CCC(CCCCC)CC1. The number of esters is 1. The van der Waals surface area contributed by atoms with Gasteiger partial charge in [-0.15, -0.1) is 0 Å². The lowest BCUT2D eigenvalue weighted by Crippen LogP contribution is -2.22. The van der Waals surface area contributed by atoms with E-state index in [0.29, 0.717) is 5.92 Å². The van der Waals surface area contributed by atoms with E-state index in [1.165, 1.54) is 51.4 Å². The van der Waals surface area contributed by atoms with Gasteiger partial charge in [0.25, 0.3) is 0 Å². The van der Waals surface area contributed by atoms with E-state index in [2.05, 4.69) is 20.4 Å². The first-order chi connectivity index (χ1) is 11.5. The number of unbranched alkanes of at least 4 members (excludes halogenated alkanes) is 2. The van der Waals surface area contributed by atoms with Crippen LogP contribution in [0, 0.1) is 17.8 Å². The highest BCUT2D eigenvalue weighted by Crippen LogP contribution is 2.37. The molecule has 3 nitrogen and oxygen atoms in total. The van der Waals surface area contributed by atoms with Crippen LogP contribution in [0.5, 0.6) is 0 Å². The lowest BCUT2D eigenvalue weighted by Gasteiger charge is -2.32. The van der Waals surface area contributed by atoms with Crippen molar-refractivity contribution in [1.29, 1.82) is 0 Å². The molecule has 1 N–H and O–H groups in total. The van der Waals surface area contributed by atoms with Crippen molar-refractivity contribution < 1.29 is 14.6 Å². The molecule has 1 saturated carbocycles. The fraction of sp³-hybridized carbons (Fsp3) is 0.857. The predicted molar refractivity (Wildman–Crippen MR) is 99.8 cm³/mol. The average Bonchev–Trinajstić information content (AvgIpc) is 2.59. The van der Waals surface area contributed by atoms with Crippen molar-refractivity contribution in [2.24, 2.45) is 17.8 Å². The molecule has 0 aromatic carbocycles. The first-order valence-corrected chi connectivity index (χ1v) is 9.97. The molecule has 3 heteroatoms. The van der Waals surface area contributed by atoms with E-state index in [1.807, 2.05) is 6.92 Å². The summed E-state index contributed by atoms with van der Waals surface area (Å²) < 4.78 is 5.31. The van der Waals surface area contributed by atoms with Gasteiger partial charge in [-0.2, -0.15) is 0 Å². The summed E-state index contributed by atoms with van der Waals surface area (Å²) in [4.78, 5) is 11.6. The summed E-state index contributed by atoms with van der Waals surface area (Å²) in [6.45, 7) is 9.73. The summed E-state index contributed by atoms with van der Waals surface area (Å²) in [6.07, 6.45) is 13.0. The quantitative estimate of drug-likeness (QED) is 0.317. The van der Waals surface area contributed by atoms with Crippen molar-refractivity contribution in [3.05, 3.63) is 12.2 Å². The Morgan fingerprint density at radius 1 is 1.17 bits per heavy atom. The summed E-state index contributed by atoms with van der Waals surface area (Å²) in [5.74, 6) is 2.03. The monoisotopic (exact) mass is 338 g/mol. The Bertz CT molecular complexity index is 369. The first-order valence-electron chi connectivity index (χ1n) is 9.97. The minimum Gasteiger partial charge on any atom is -0.459 e. The number of carbonyl (C=O) groups excluding carboxylic acids is 1. The van der Waals surface area contributed by atoms with Gasteiger partial charge in [-0.25, -0.2) is 4.79 Å². The average molecular weight is 339 g/mol. The van der Waals surface area contributed by atoms with Crippen molar-refractivity contribution in [2.75, 3.05) is 6.61 Å². The molecule has 2 unspecified atom stereocenters. The van der Waals surface area contributed by atoms with Crippen molar-refractivity contribution in [3.63, 3.8) is 0 Å². The van der Waals surface area contributed by atoms with Gasteiger partial charge in [0.05, 0.1) is 18.3 Å².